The molecule has 1 aromatic carbocycles. The second kappa shape index (κ2) is 20.0. The zero-order valence-electron chi connectivity index (χ0n) is 26.7. The molecular weight excluding hydrogens is 501 g/mol. The summed E-state index contributed by atoms with van der Waals surface area (Å²) in [6, 6.07) is 9.63. The van der Waals surface area contributed by atoms with Crippen LogP contribution in [0.4, 0.5) is 10.1 Å². The SMILES string of the molecule is C=CC(=C)NC(CC)CCC.CC.CC(=O)c1ccc(C)nc1C.Cc1ccc(N2CC(C)OC(C)C2)c(F)c1. The molecule has 1 fully saturated rings. The van der Waals surface area contributed by atoms with E-state index in [0.717, 1.165) is 47.7 Å². The summed E-state index contributed by atoms with van der Waals surface area (Å²) in [7, 11) is 0. The first-order valence-electron chi connectivity index (χ1n) is 14.6. The Morgan fingerprint density at radius 1 is 1.15 bits per heavy atom. The fraction of sp³-hybridized carbons (Fsp3) is 0.529. The lowest BCUT2D eigenvalue weighted by Gasteiger charge is -2.37. The monoisotopic (exact) mass is 555 g/mol. The molecule has 2 aromatic rings. The van der Waals surface area contributed by atoms with E-state index in [0.29, 0.717) is 11.7 Å². The summed E-state index contributed by atoms with van der Waals surface area (Å²) in [5.41, 5.74) is 5.06. The van der Waals surface area contributed by atoms with Crippen LogP contribution >= 0.6 is 0 Å². The molecule has 5 nitrogen and oxygen atoms in total. The number of hydrogen-bond donors (Lipinski definition) is 1. The predicted molar refractivity (Wildman–Crippen MR) is 170 cm³/mol. The Labute approximate surface area is 243 Å². The summed E-state index contributed by atoms with van der Waals surface area (Å²) < 4.78 is 19.4. The molecule has 0 bridgehead atoms. The number of nitrogens with one attached hydrogen (secondary N) is 1. The normalized spacial score (nSPS) is 16.5. The minimum Gasteiger partial charge on any atom is -0.383 e. The molecule has 0 saturated carbocycles. The molecule has 3 rings (SSSR count). The number of morpholine rings is 1. The number of allylic oxidation sites excluding steroid dienone is 1. The van der Waals surface area contributed by atoms with E-state index in [2.05, 4.69) is 42.2 Å². The third kappa shape index (κ3) is 13.9. The first-order chi connectivity index (χ1) is 18.9. The van der Waals surface area contributed by atoms with Gasteiger partial charge in [0.05, 0.1) is 17.9 Å². The molecule has 0 aliphatic carbocycles. The minimum absolute atomic E-state index is 0.0787. The van der Waals surface area contributed by atoms with E-state index in [1.807, 2.05) is 72.7 Å². The number of halogens is 1. The smallest absolute Gasteiger partial charge is 0.161 e. The fourth-order valence-corrected chi connectivity index (χ4v) is 4.35. The molecule has 2 heterocycles. The number of aryl methyl sites for hydroxylation is 3. The molecule has 0 spiro atoms. The van der Waals surface area contributed by atoms with Crippen molar-refractivity contribution in [3.05, 3.63) is 83.6 Å². The Morgan fingerprint density at radius 3 is 2.20 bits per heavy atom. The van der Waals surface area contributed by atoms with Gasteiger partial charge in [0, 0.05) is 41.8 Å². The van der Waals surface area contributed by atoms with E-state index in [4.69, 9.17) is 4.74 Å². The Balaban J connectivity index is 0.000000569. The van der Waals surface area contributed by atoms with Crippen LogP contribution in [0.25, 0.3) is 0 Å². The summed E-state index contributed by atoms with van der Waals surface area (Å²) in [5.74, 6) is -0.0590. The van der Waals surface area contributed by atoms with Gasteiger partial charge < -0.3 is 15.0 Å². The maximum absolute atomic E-state index is 13.8. The number of rotatable bonds is 8. The highest BCUT2D eigenvalue weighted by molar-refractivity contribution is 5.94. The van der Waals surface area contributed by atoms with Crippen molar-refractivity contribution in [1.82, 2.24) is 10.3 Å². The van der Waals surface area contributed by atoms with Gasteiger partial charge in [-0.1, -0.05) is 53.3 Å². The van der Waals surface area contributed by atoms with Gasteiger partial charge in [0.15, 0.2) is 5.78 Å². The highest BCUT2D eigenvalue weighted by Gasteiger charge is 2.24. The maximum atomic E-state index is 13.8. The van der Waals surface area contributed by atoms with Crippen LogP contribution in [0.1, 0.15) is 95.0 Å². The first-order valence-corrected chi connectivity index (χ1v) is 14.6. The summed E-state index contributed by atoms with van der Waals surface area (Å²) in [5, 5.41) is 3.30. The molecule has 0 amide bonds. The van der Waals surface area contributed by atoms with Crippen molar-refractivity contribution in [1.29, 1.82) is 0 Å². The molecule has 0 radical (unpaired) electrons. The van der Waals surface area contributed by atoms with Gasteiger partial charge in [-0.3, -0.25) is 9.78 Å². The van der Waals surface area contributed by atoms with Gasteiger partial charge in [-0.2, -0.15) is 0 Å². The number of ketones is 1. The highest BCUT2D eigenvalue weighted by Crippen LogP contribution is 2.24. The van der Waals surface area contributed by atoms with Gasteiger partial charge in [-0.25, -0.2) is 4.39 Å². The molecule has 1 aromatic heterocycles. The van der Waals surface area contributed by atoms with E-state index in [1.165, 1.54) is 12.8 Å². The van der Waals surface area contributed by atoms with Crippen LogP contribution in [0.2, 0.25) is 0 Å². The average molecular weight is 556 g/mol. The lowest BCUT2D eigenvalue weighted by atomic mass is 10.1. The lowest BCUT2D eigenvalue weighted by molar-refractivity contribution is -0.00539. The first kappa shape index (κ1) is 37.0. The Kier molecular flexibility index (Phi) is 18.5. The van der Waals surface area contributed by atoms with E-state index < -0.39 is 0 Å². The van der Waals surface area contributed by atoms with E-state index in [-0.39, 0.29) is 23.8 Å². The molecule has 1 aliphatic rings. The molecule has 3 atom stereocenters. The third-order valence-electron chi connectivity index (χ3n) is 6.23. The van der Waals surface area contributed by atoms with Gasteiger partial charge in [0.1, 0.15) is 5.82 Å². The van der Waals surface area contributed by atoms with Gasteiger partial charge in [0.2, 0.25) is 0 Å². The molecule has 6 heteroatoms. The topological polar surface area (TPSA) is 54.5 Å². The summed E-state index contributed by atoms with van der Waals surface area (Å²) in [4.78, 5) is 17.2. The largest absolute Gasteiger partial charge is 0.383 e. The van der Waals surface area contributed by atoms with Gasteiger partial charge in [-0.05, 0) is 90.3 Å². The number of benzene rings is 1. The van der Waals surface area contributed by atoms with Crippen molar-refractivity contribution in [2.75, 3.05) is 18.0 Å². The van der Waals surface area contributed by atoms with Crippen LogP contribution in [-0.2, 0) is 4.74 Å². The van der Waals surface area contributed by atoms with Crippen LogP contribution in [-0.4, -0.2) is 42.1 Å². The number of carbonyl (C=O) groups is 1. The third-order valence-corrected chi connectivity index (χ3v) is 6.23. The Bertz CT molecular complexity index is 1040. The Hall–Kier alpha value is -2.99. The lowest BCUT2D eigenvalue weighted by Crippen LogP contribution is -2.45. The molecule has 224 valence electrons. The summed E-state index contributed by atoms with van der Waals surface area (Å²) in [6.45, 7) is 28.6. The van der Waals surface area contributed by atoms with Crippen LogP contribution in [0.5, 0.6) is 0 Å². The van der Waals surface area contributed by atoms with Crippen molar-refractivity contribution in [3.8, 4) is 0 Å². The zero-order chi connectivity index (χ0) is 30.8. The summed E-state index contributed by atoms with van der Waals surface area (Å²) >= 11 is 0. The van der Waals surface area contributed by atoms with Crippen LogP contribution in [0.3, 0.4) is 0 Å². The number of nitrogens with zero attached hydrogens (tertiary/aromatic N) is 2. The second-order valence-corrected chi connectivity index (χ2v) is 10.0. The fourth-order valence-electron chi connectivity index (χ4n) is 4.35. The molecule has 1 N–H and O–H groups in total. The predicted octanol–water partition coefficient (Wildman–Crippen LogP) is 8.53. The number of carbonyl (C=O) groups excluding carboxylic acids is 1. The highest BCUT2D eigenvalue weighted by atomic mass is 19.1. The quantitative estimate of drug-likeness (QED) is 0.261. The average Bonchev–Trinajstić information content (AvgIpc) is 2.89. The molecular formula is C34H54FN3O2. The zero-order valence-corrected chi connectivity index (χ0v) is 26.7. The molecule has 3 unspecified atom stereocenters. The van der Waals surface area contributed by atoms with E-state index in [1.54, 1.807) is 19.1 Å². The number of ether oxygens (including phenoxy) is 1. The van der Waals surface area contributed by atoms with Crippen molar-refractivity contribution in [2.24, 2.45) is 0 Å². The van der Waals surface area contributed by atoms with E-state index >= 15 is 0 Å². The number of aromatic nitrogens is 1. The number of Topliss-reactive ketones (excluding diaryl/α,β-unsaturated/α-hetero) is 1. The minimum atomic E-state index is -0.138. The number of anilines is 1. The van der Waals surface area contributed by atoms with Crippen molar-refractivity contribution >= 4 is 11.5 Å². The van der Waals surface area contributed by atoms with Crippen molar-refractivity contribution < 1.29 is 13.9 Å². The van der Waals surface area contributed by atoms with Gasteiger partial charge in [0.25, 0.3) is 0 Å². The Morgan fingerprint density at radius 2 is 1.75 bits per heavy atom. The van der Waals surface area contributed by atoms with Crippen LogP contribution in [0, 0.1) is 26.6 Å². The van der Waals surface area contributed by atoms with Gasteiger partial charge >= 0.3 is 0 Å². The molecule has 1 aliphatic heterocycles. The standard InChI is InChI=1S/C13H18FNO.C10H19N.C9H11NO.C2H6/c1-9-4-5-13(12(14)6-9)15-7-10(2)16-11(3)8-15;1-5-8-10(7-3)11-9(4)6-2;1-6-4-5-9(8(3)11)7(2)10-6;1-2/h4-6,10-11H,7-8H2,1-3H3;6,10-11H,2,4-5,7-8H2,1,3H3;4-5H,1-3H3;1-2H3. The van der Waals surface area contributed by atoms with Crippen molar-refractivity contribution in [3.63, 3.8) is 0 Å². The summed E-state index contributed by atoms with van der Waals surface area (Å²) in [6.07, 6.45) is 5.66. The van der Waals surface area contributed by atoms with Crippen LogP contribution in [0.15, 0.2) is 55.3 Å². The molecule has 40 heavy (non-hydrogen) atoms. The van der Waals surface area contributed by atoms with Crippen molar-refractivity contribution in [2.45, 2.75) is 107 Å². The van der Waals surface area contributed by atoms with Crippen LogP contribution < -0.4 is 10.2 Å². The number of hydrogen-bond acceptors (Lipinski definition) is 5. The number of pyridine rings is 1. The van der Waals surface area contributed by atoms with Gasteiger partial charge in [-0.15, -0.1) is 0 Å². The second-order valence-electron chi connectivity index (χ2n) is 10.0. The van der Waals surface area contributed by atoms with E-state index in [9.17, 15) is 9.18 Å². The molecule has 1 saturated heterocycles. The maximum Gasteiger partial charge on any atom is 0.161 e.